The molecule has 0 unspecified atom stereocenters. The molecule has 11 rings (SSSR count). The summed E-state index contributed by atoms with van der Waals surface area (Å²) in [5.41, 5.74) is 19.4. The summed E-state index contributed by atoms with van der Waals surface area (Å²) in [6.07, 6.45) is 0. The average Bonchev–Trinajstić information content (AvgIpc) is 3.82. The van der Waals surface area contributed by atoms with Crippen LogP contribution in [0.1, 0.15) is 49.9 Å². The lowest BCUT2D eigenvalue weighted by molar-refractivity contribution is 0.660. The van der Waals surface area contributed by atoms with Crippen LogP contribution in [0, 0.1) is 0 Å². The van der Waals surface area contributed by atoms with Gasteiger partial charge < -0.3 is 4.90 Å². The zero-order valence-electron chi connectivity index (χ0n) is 32.1. The highest BCUT2D eigenvalue weighted by molar-refractivity contribution is 7.26. The van der Waals surface area contributed by atoms with E-state index in [-0.39, 0.29) is 10.8 Å². The van der Waals surface area contributed by atoms with Gasteiger partial charge in [0.15, 0.2) is 0 Å². The molecule has 1 nitrogen and oxygen atoms in total. The molecule has 2 aliphatic rings. The second-order valence-electron chi connectivity index (χ2n) is 16.5. The van der Waals surface area contributed by atoms with Crippen molar-refractivity contribution in [2.24, 2.45) is 0 Å². The number of nitrogens with zero attached hydrogens (tertiary/aromatic N) is 1. The van der Waals surface area contributed by atoms with Crippen molar-refractivity contribution in [3.63, 3.8) is 0 Å². The van der Waals surface area contributed by atoms with Gasteiger partial charge in [-0.1, -0.05) is 155 Å². The molecule has 0 amide bonds. The van der Waals surface area contributed by atoms with E-state index in [1.54, 1.807) is 0 Å². The molecule has 268 valence electrons. The molecule has 0 saturated carbocycles. The molecule has 0 aliphatic heterocycles. The monoisotopic (exact) mass is 735 g/mol. The van der Waals surface area contributed by atoms with Crippen LogP contribution in [0.15, 0.2) is 176 Å². The van der Waals surface area contributed by atoms with Gasteiger partial charge in [-0.25, -0.2) is 0 Å². The summed E-state index contributed by atoms with van der Waals surface area (Å²) in [6.45, 7) is 9.45. The maximum Gasteiger partial charge on any atom is 0.0554 e. The van der Waals surface area contributed by atoms with Crippen molar-refractivity contribution >= 4 is 48.6 Å². The summed E-state index contributed by atoms with van der Waals surface area (Å²) in [7, 11) is 0. The number of hydrogen-bond acceptors (Lipinski definition) is 2. The van der Waals surface area contributed by atoms with E-state index in [0.29, 0.717) is 0 Å². The normalized spacial score (nSPS) is 14.4. The maximum absolute atomic E-state index is 2.45. The second-order valence-corrected chi connectivity index (χ2v) is 17.6. The van der Waals surface area contributed by atoms with Gasteiger partial charge >= 0.3 is 0 Å². The number of anilines is 3. The highest BCUT2D eigenvalue weighted by Gasteiger charge is 2.37. The van der Waals surface area contributed by atoms with Crippen LogP contribution in [0.4, 0.5) is 17.1 Å². The van der Waals surface area contributed by atoms with Gasteiger partial charge in [0.05, 0.1) is 5.69 Å². The third kappa shape index (κ3) is 4.79. The van der Waals surface area contributed by atoms with Crippen molar-refractivity contribution in [1.29, 1.82) is 0 Å². The topological polar surface area (TPSA) is 3.24 Å². The molecule has 2 heteroatoms. The van der Waals surface area contributed by atoms with Crippen molar-refractivity contribution in [3.05, 3.63) is 198 Å². The largest absolute Gasteiger partial charge is 0.310 e. The van der Waals surface area contributed by atoms with Gasteiger partial charge in [0.2, 0.25) is 0 Å². The Kier molecular flexibility index (Phi) is 7.18. The molecule has 8 aromatic carbocycles. The van der Waals surface area contributed by atoms with E-state index < -0.39 is 0 Å². The predicted molar refractivity (Wildman–Crippen MR) is 240 cm³/mol. The second kappa shape index (κ2) is 12.1. The minimum Gasteiger partial charge on any atom is -0.310 e. The summed E-state index contributed by atoms with van der Waals surface area (Å²) in [4.78, 5) is 2.45. The van der Waals surface area contributed by atoms with E-state index in [1.807, 2.05) is 11.3 Å². The molecular formula is C54H41NS. The summed E-state index contributed by atoms with van der Waals surface area (Å²) >= 11 is 1.87. The quantitative estimate of drug-likeness (QED) is 0.170. The molecule has 0 N–H and O–H groups in total. The standard InChI is InChI=1S/C54H41NS/c1-53(2)45-18-8-5-13-40(45)42-32-27-36(33-47(42)53)34-23-28-37(29-24-34)55(48-20-12-22-50-51(48)44-15-7-10-21-49(44)56-50)38-30-25-35(26-31-38)39-16-11-17-43-41-14-6-9-19-46(41)54(3,4)52(39)43/h5-33H,1-4H3. The molecule has 0 fully saturated rings. The molecule has 0 saturated heterocycles. The van der Waals surface area contributed by atoms with Crippen LogP contribution in [0.5, 0.6) is 0 Å². The Morgan fingerprint density at radius 2 is 0.929 bits per heavy atom. The highest BCUT2D eigenvalue weighted by Crippen LogP contribution is 2.53. The first-order valence-electron chi connectivity index (χ1n) is 19.7. The maximum atomic E-state index is 2.45. The summed E-state index contributed by atoms with van der Waals surface area (Å²) in [5, 5.41) is 2.59. The molecule has 56 heavy (non-hydrogen) atoms. The van der Waals surface area contributed by atoms with Crippen molar-refractivity contribution < 1.29 is 0 Å². The molecule has 1 heterocycles. The van der Waals surface area contributed by atoms with Crippen molar-refractivity contribution in [1.82, 2.24) is 0 Å². The molecule has 1 aromatic heterocycles. The van der Waals surface area contributed by atoms with Crippen LogP contribution >= 0.6 is 11.3 Å². The zero-order valence-corrected chi connectivity index (χ0v) is 32.9. The molecule has 0 atom stereocenters. The van der Waals surface area contributed by atoms with E-state index in [0.717, 1.165) is 11.4 Å². The fourth-order valence-corrected chi connectivity index (χ4v) is 11.1. The van der Waals surface area contributed by atoms with E-state index in [9.17, 15) is 0 Å². The molecule has 0 radical (unpaired) electrons. The van der Waals surface area contributed by atoms with Crippen LogP contribution in [-0.2, 0) is 10.8 Å². The molecule has 0 bridgehead atoms. The summed E-state index contributed by atoms with van der Waals surface area (Å²) in [5.74, 6) is 0. The van der Waals surface area contributed by atoms with E-state index in [4.69, 9.17) is 0 Å². The lowest BCUT2D eigenvalue weighted by Crippen LogP contribution is -2.16. The third-order valence-corrected chi connectivity index (χ3v) is 13.8. The van der Waals surface area contributed by atoms with Crippen molar-refractivity contribution in [3.8, 4) is 44.5 Å². The lowest BCUT2D eigenvalue weighted by Gasteiger charge is -2.27. The SMILES string of the molecule is CC1(C)c2ccccc2-c2ccc(-c3ccc(N(c4ccc(-c5cccc6c5C(C)(C)c5ccccc5-6)cc4)c4cccc5sc6ccccc6c45)cc3)cc21. The Hall–Kier alpha value is -6.22. The lowest BCUT2D eigenvalue weighted by atomic mass is 9.79. The summed E-state index contributed by atoms with van der Waals surface area (Å²) < 4.78 is 2.61. The highest BCUT2D eigenvalue weighted by atomic mass is 32.1. The van der Waals surface area contributed by atoms with Crippen LogP contribution in [0.3, 0.4) is 0 Å². The van der Waals surface area contributed by atoms with Crippen LogP contribution < -0.4 is 4.90 Å². The first-order valence-corrected chi connectivity index (χ1v) is 20.5. The third-order valence-electron chi connectivity index (χ3n) is 12.7. The minimum absolute atomic E-state index is 0.0353. The Morgan fingerprint density at radius 1 is 0.393 bits per heavy atom. The van der Waals surface area contributed by atoms with E-state index >= 15 is 0 Å². The van der Waals surface area contributed by atoms with Gasteiger partial charge in [-0.05, 0) is 115 Å². The number of fused-ring (bicyclic) bond motifs is 9. The van der Waals surface area contributed by atoms with Gasteiger partial charge in [0.25, 0.3) is 0 Å². The van der Waals surface area contributed by atoms with Crippen LogP contribution in [-0.4, -0.2) is 0 Å². The average molecular weight is 736 g/mol. The van der Waals surface area contributed by atoms with Crippen LogP contribution in [0.2, 0.25) is 0 Å². The number of benzene rings is 8. The van der Waals surface area contributed by atoms with Gasteiger partial charge in [-0.15, -0.1) is 11.3 Å². The van der Waals surface area contributed by atoms with Gasteiger partial charge in [0, 0.05) is 42.4 Å². The van der Waals surface area contributed by atoms with Gasteiger partial charge in [-0.3, -0.25) is 0 Å². The number of thiophene rings is 1. The van der Waals surface area contributed by atoms with Gasteiger partial charge in [0.1, 0.15) is 0 Å². The number of hydrogen-bond donors (Lipinski definition) is 0. The van der Waals surface area contributed by atoms with Crippen molar-refractivity contribution in [2.45, 2.75) is 38.5 Å². The molecular weight excluding hydrogens is 695 g/mol. The van der Waals surface area contributed by atoms with Gasteiger partial charge in [-0.2, -0.15) is 0 Å². The predicted octanol–water partition coefficient (Wildman–Crippen LogP) is 15.5. The Balaban J connectivity index is 1.03. The van der Waals surface area contributed by atoms with Crippen molar-refractivity contribution in [2.75, 3.05) is 4.90 Å². The molecule has 0 spiro atoms. The zero-order chi connectivity index (χ0) is 37.8. The first-order chi connectivity index (χ1) is 27.3. The molecule has 2 aliphatic carbocycles. The summed E-state index contributed by atoms with van der Waals surface area (Å²) in [6, 6.07) is 65.7. The Bertz CT molecular complexity index is 3010. The smallest absolute Gasteiger partial charge is 0.0554 e. The van der Waals surface area contributed by atoms with E-state index in [1.165, 1.54) is 92.6 Å². The van der Waals surface area contributed by atoms with Crippen LogP contribution in [0.25, 0.3) is 64.7 Å². The van der Waals surface area contributed by atoms with E-state index in [2.05, 4.69) is 209 Å². The first kappa shape index (κ1) is 33.1. The minimum atomic E-state index is -0.0802. The number of rotatable bonds is 5. The molecule has 9 aromatic rings. The fourth-order valence-electron chi connectivity index (χ4n) is 9.93. The Morgan fingerprint density at radius 3 is 1.68 bits per heavy atom. The Labute approximate surface area is 333 Å². The fraction of sp³-hybridized carbons (Fsp3) is 0.111.